The standard InChI is InChI=1S/C20H25NO2/c1-4-17-7-9-18(10-8-17)13-20(22)21-16(3)14-23-19-11-5-15(2)6-12-19/h5-12,16H,4,13-14H2,1-3H3,(H,21,22). The second kappa shape index (κ2) is 8.37. The van der Waals surface area contributed by atoms with E-state index in [1.807, 2.05) is 50.2 Å². The Kier molecular flexibility index (Phi) is 6.21. The fourth-order valence-electron chi connectivity index (χ4n) is 2.30. The van der Waals surface area contributed by atoms with E-state index in [1.54, 1.807) is 0 Å². The second-order valence-electron chi connectivity index (χ2n) is 5.94. The molecule has 2 aromatic carbocycles. The van der Waals surface area contributed by atoms with Crippen LogP contribution in [0.15, 0.2) is 48.5 Å². The minimum absolute atomic E-state index is 0.0225. The maximum Gasteiger partial charge on any atom is 0.224 e. The highest BCUT2D eigenvalue weighted by molar-refractivity contribution is 5.78. The largest absolute Gasteiger partial charge is 0.491 e. The first-order valence-corrected chi connectivity index (χ1v) is 8.13. The highest BCUT2D eigenvalue weighted by Crippen LogP contribution is 2.11. The lowest BCUT2D eigenvalue weighted by Gasteiger charge is -2.15. The monoisotopic (exact) mass is 311 g/mol. The topological polar surface area (TPSA) is 38.3 Å². The van der Waals surface area contributed by atoms with Crippen LogP contribution < -0.4 is 10.1 Å². The Labute approximate surface area is 138 Å². The minimum Gasteiger partial charge on any atom is -0.491 e. The maximum atomic E-state index is 12.1. The first-order chi connectivity index (χ1) is 11.1. The Morgan fingerprint density at radius 3 is 2.26 bits per heavy atom. The van der Waals surface area contributed by atoms with Gasteiger partial charge in [0.05, 0.1) is 12.5 Å². The highest BCUT2D eigenvalue weighted by Gasteiger charge is 2.09. The average molecular weight is 311 g/mol. The van der Waals surface area contributed by atoms with Crippen molar-refractivity contribution in [1.82, 2.24) is 5.32 Å². The third-order valence-electron chi connectivity index (χ3n) is 3.72. The van der Waals surface area contributed by atoms with Crippen LogP contribution in [0.1, 0.15) is 30.5 Å². The fraction of sp³-hybridized carbons (Fsp3) is 0.350. The molecule has 0 fully saturated rings. The van der Waals surface area contributed by atoms with Gasteiger partial charge in [-0.05, 0) is 43.5 Å². The Morgan fingerprint density at radius 2 is 1.65 bits per heavy atom. The van der Waals surface area contributed by atoms with Crippen molar-refractivity contribution >= 4 is 5.91 Å². The third-order valence-corrected chi connectivity index (χ3v) is 3.72. The van der Waals surface area contributed by atoms with Crippen LogP contribution in [0, 0.1) is 6.92 Å². The van der Waals surface area contributed by atoms with Gasteiger partial charge in [0.15, 0.2) is 0 Å². The van der Waals surface area contributed by atoms with Crippen molar-refractivity contribution in [2.75, 3.05) is 6.61 Å². The Balaban J connectivity index is 1.76. The summed E-state index contributed by atoms with van der Waals surface area (Å²) in [6.45, 7) is 6.58. The van der Waals surface area contributed by atoms with Crippen LogP contribution in [0.5, 0.6) is 5.75 Å². The molecule has 1 N–H and O–H groups in total. The average Bonchev–Trinajstić information content (AvgIpc) is 2.55. The molecular formula is C20H25NO2. The maximum absolute atomic E-state index is 12.1. The van der Waals surface area contributed by atoms with Crippen molar-refractivity contribution < 1.29 is 9.53 Å². The molecule has 1 amide bonds. The molecule has 0 aliphatic carbocycles. The molecule has 0 heterocycles. The number of ether oxygens (including phenoxy) is 1. The zero-order valence-corrected chi connectivity index (χ0v) is 14.1. The summed E-state index contributed by atoms with van der Waals surface area (Å²) in [5.74, 6) is 0.848. The van der Waals surface area contributed by atoms with Crippen molar-refractivity contribution in [1.29, 1.82) is 0 Å². The van der Waals surface area contributed by atoms with Gasteiger partial charge >= 0.3 is 0 Å². The molecule has 1 atom stereocenters. The van der Waals surface area contributed by atoms with E-state index < -0.39 is 0 Å². The summed E-state index contributed by atoms with van der Waals surface area (Å²) in [6, 6.07) is 16.1. The summed E-state index contributed by atoms with van der Waals surface area (Å²) in [7, 11) is 0. The predicted octanol–water partition coefficient (Wildman–Crippen LogP) is 3.68. The molecule has 0 spiro atoms. The predicted molar refractivity (Wildman–Crippen MR) is 93.8 cm³/mol. The summed E-state index contributed by atoms with van der Waals surface area (Å²) in [5.41, 5.74) is 3.52. The van der Waals surface area contributed by atoms with Crippen LogP contribution in [0.25, 0.3) is 0 Å². The first-order valence-electron chi connectivity index (χ1n) is 8.13. The normalized spacial score (nSPS) is 11.8. The molecule has 122 valence electrons. The van der Waals surface area contributed by atoms with Crippen LogP contribution in [0.3, 0.4) is 0 Å². The van der Waals surface area contributed by atoms with Crippen LogP contribution in [0.4, 0.5) is 0 Å². The van der Waals surface area contributed by atoms with Crippen LogP contribution >= 0.6 is 0 Å². The van der Waals surface area contributed by atoms with Crippen LogP contribution in [0.2, 0.25) is 0 Å². The SMILES string of the molecule is CCc1ccc(CC(=O)NC(C)COc2ccc(C)cc2)cc1. The molecule has 0 bridgehead atoms. The van der Waals surface area contributed by atoms with E-state index >= 15 is 0 Å². The number of hydrogen-bond donors (Lipinski definition) is 1. The lowest BCUT2D eigenvalue weighted by atomic mass is 10.1. The van der Waals surface area contributed by atoms with Gasteiger partial charge in [-0.3, -0.25) is 4.79 Å². The quantitative estimate of drug-likeness (QED) is 0.847. The van der Waals surface area contributed by atoms with Gasteiger partial charge in [0.25, 0.3) is 0 Å². The molecule has 0 aromatic heterocycles. The summed E-state index contributed by atoms with van der Waals surface area (Å²) >= 11 is 0. The number of aryl methyl sites for hydroxylation is 2. The molecular weight excluding hydrogens is 286 g/mol. The van der Waals surface area contributed by atoms with Gasteiger partial charge < -0.3 is 10.1 Å². The van der Waals surface area contributed by atoms with Crippen molar-refractivity contribution in [2.45, 2.75) is 39.7 Å². The van der Waals surface area contributed by atoms with Crippen molar-refractivity contribution in [3.63, 3.8) is 0 Å². The van der Waals surface area contributed by atoms with Gasteiger partial charge in [-0.15, -0.1) is 0 Å². The Bertz CT molecular complexity index is 617. The third kappa shape index (κ3) is 5.78. The van der Waals surface area contributed by atoms with Gasteiger partial charge in [0.2, 0.25) is 5.91 Å². The van der Waals surface area contributed by atoms with Gasteiger partial charge in [-0.25, -0.2) is 0 Å². The molecule has 0 saturated carbocycles. The van der Waals surface area contributed by atoms with E-state index in [-0.39, 0.29) is 11.9 Å². The minimum atomic E-state index is -0.0290. The molecule has 2 aromatic rings. The smallest absolute Gasteiger partial charge is 0.224 e. The lowest BCUT2D eigenvalue weighted by molar-refractivity contribution is -0.121. The summed E-state index contributed by atoms with van der Waals surface area (Å²) in [6.07, 6.45) is 1.42. The Hall–Kier alpha value is -2.29. The molecule has 23 heavy (non-hydrogen) atoms. The summed E-state index contributed by atoms with van der Waals surface area (Å²) in [4.78, 5) is 12.1. The zero-order valence-electron chi connectivity index (χ0n) is 14.1. The molecule has 0 saturated heterocycles. The zero-order chi connectivity index (χ0) is 16.7. The van der Waals surface area contributed by atoms with E-state index in [0.29, 0.717) is 13.0 Å². The lowest BCUT2D eigenvalue weighted by Crippen LogP contribution is -2.37. The van der Waals surface area contributed by atoms with E-state index in [9.17, 15) is 4.79 Å². The molecule has 0 aliphatic heterocycles. The van der Waals surface area contributed by atoms with Crippen molar-refractivity contribution in [3.8, 4) is 5.75 Å². The molecule has 0 radical (unpaired) electrons. The van der Waals surface area contributed by atoms with E-state index in [4.69, 9.17) is 4.74 Å². The first kappa shape index (κ1) is 17.1. The van der Waals surface area contributed by atoms with E-state index in [2.05, 4.69) is 24.4 Å². The molecule has 0 aliphatic rings. The second-order valence-corrected chi connectivity index (χ2v) is 5.94. The molecule has 2 rings (SSSR count). The number of nitrogens with one attached hydrogen (secondary N) is 1. The number of hydrogen-bond acceptors (Lipinski definition) is 2. The fourth-order valence-corrected chi connectivity index (χ4v) is 2.30. The van der Waals surface area contributed by atoms with Gasteiger partial charge in [-0.1, -0.05) is 48.9 Å². The molecule has 3 heteroatoms. The van der Waals surface area contributed by atoms with Crippen LogP contribution in [-0.2, 0) is 17.6 Å². The number of amides is 1. The van der Waals surface area contributed by atoms with Crippen molar-refractivity contribution in [2.24, 2.45) is 0 Å². The van der Waals surface area contributed by atoms with Gasteiger partial charge in [-0.2, -0.15) is 0 Å². The van der Waals surface area contributed by atoms with Crippen molar-refractivity contribution in [3.05, 3.63) is 65.2 Å². The van der Waals surface area contributed by atoms with Gasteiger partial charge in [0.1, 0.15) is 12.4 Å². The molecule has 3 nitrogen and oxygen atoms in total. The Morgan fingerprint density at radius 1 is 1.04 bits per heavy atom. The van der Waals surface area contributed by atoms with Crippen LogP contribution in [-0.4, -0.2) is 18.6 Å². The molecule has 1 unspecified atom stereocenters. The highest BCUT2D eigenvalue weighted by atomic mass is 16.5. The summed E-state index contributed by atoms with van der Waals surface area (Å²) in [5, 5.41) is 2.97. The number of carbonyl (C=O) groups excluding carboxylic acids is 1. The summed E-state index contributed by atoms with van der Waals surface area (Å²) < 4.78 is 5.69. The van der Waals surface area contributed by atoms with E-state index in [0.717, 1.165) is 17.7 Å². The number of rotatable bonds is 7. The van der Waals surface area contributed by atoms with E-state index in [1.165, 1.54) is 11.1 Å². The number of benzene rings is 2. The number of carbonyl (C=O) groups is 1. The van der Waals surface area contributed by atoms with Gasteiger partial charge in [0, 0.05) is 0 Å².